The summed E-state index contributed by atoms with van der Waals surface area (Å²) in [6, 6.07) is 10.5. The van der Waals surface area contributed by atoms with Gasteiger partial charge in [-0.25, -0.2) is 10.2 Å². The molecule has 28 heavy (non-hydrogen) atoms. The molecule has 1 aliphatic heterocycles. The van der Waals surface area contributed by atoms with E-state index in [0.717, 1.165) is 15.7 Å². The fourth-order valence-corrected chi connectivity index (χ4v) is 3.50. The monoisotopic (exact) mass is 378 g/mol. The molecule has 0 atom stereocenters. The maximum Gasteiger partial charge on any atom is 0.325 e. The van der Waals surface area contributed by atoms with E-state index in [2.05, 4.69) is 15.8 Å². The van der Waals surface area contributed by atoms with E-state index in [0.29, 0.717) is 11.1 Å². The predicted octanol–water partition coefficient (Wildman–Crippen LogP) is 1.58. The Morgan fingerprint density at radius 1 is 1.11 bits per heavy atom. The highest BCUT2D eigenvalue weighted by molar-refractivity contribution is 6.59. The number of nitrogens with one attached hydrogen (secondary N) is 2. The number of carbonyl (C=O) groups excluding carboxylic acids is 4. The first kappa shape index (κ1) is 17.8. The number of benzene rings is 2. The number of ketones is 1. The number of amides is 4. The van der Waals surface area contributed by atoms with Gasteiger partial charge in [0.25, 0.3) is 5.91 Å². The molecule has 0 spiro atoms. The number of hydrogen-bond acceptors (Lipinski definition) is 5. The second-order valence-corrected chi connectivity index (χ2v) is 7.30. The highest BCUT2D eigenvalue weighted by Gasteiger charge is 2.44. The lowest BCUT2D eigenvalue weighted by Gasteiger charge is -2.15. The van der Waals surface area contributed by atoms with Gasteiger partial charge in [-0.05, 0) is 19.2 Å². The molecule has 1 saturated heterocycles. The van der Waals surface area contributed by atoms with Gasteiger partial charge in [-0.15, -0.1) is 0 Å². The molecular formula is C20H18N4O4. The fourth-order valence-electron chi connectivity index (χ4n) is 3.50. The Hall–Kier alpha value is -3.55. The average Bonchev–Trinajstić information content (AvgIpc) is 3.04. The number of urea groups is 1. The highest BCUT2D eigenvalue weighted by Crippen LogP contribution is 2.30. The first-order valence-electron chi connectivity index (χ1n) is 8.87. The number of hydrazone groups is 1. The zero-order valence-electron chi connectivity index (χ0n) is 15.4. The predicted molar refractivity (Wildman–Crippen MR) is 102 cm³/mol. The Morgan fingerprint density at radius 2 is 1.79 bits per heavy atom. The van der Waals surface area contributed by atoms with Crippen LogP contribution in [0.15, 0.2) is 41.5 Å². The van der Waals surface area contributed by atoms with E-state index < -0.39 is 17.5 Å². The first-order chi connectivity index (χ1) is 13.3. The average molecular weight is 378 g/mol. The standard InChI is InChI=1S/C20H18N4O4/c1-20(2)18(27)24(19(28)21-20)10-9-14(25)22-23-16-12-7-3-5-11-6-4-8-13(15(11)12)17(16)26/h3-8H,9-10H2,1-2H3,(H,21,28)(H,22,25)/b23-16+. The van der Waals surface area contributed by atoms with Crippen molar-refractivity contribution in [1.82, 2.24) is 15.6 Å². The number of nitrogens with zero attached hydrogens (tertiary/aromatic N) is 2. The second kappa shape index (κ2) is 6.26. The summed E-state index contributed by atoms with van der Waals surface area (Å²) in [6.07, 6.45) is -0.114. The van der Waals surface area contributed by atoms with Crippen LogP contribution in [0.2, 0.25) is 0 Å². The summed E-state index contributed by atoms with van der Waals surface area (Å²) >= 11 is 0. The molecule has 1 fully saturated rings. The second-order valence-electron chi connectivity index (χ2n) is 7.30. The van der Waals surface area contributed by atoms with Gasteiger partial charge < -0.3 is 5.32 Å². The normalized spacial score (nSPS) is 18.9. The third-order valence-electron chi connectivity index (χ3n) is 4.92. The summed E-state index contributed by atoms with van der Waals surface area (Å²) in [5.74, 6) is -1.12. The Bertz CT molecular complexity index is 1080. The maximum absolute atomic E-state index is 12.6. The van der Waals surface area contributed by atoms with E-state index in [9.17, 15) is 19.2 Å². The van der Waals surface area contributed by atoms with Crippen LogP contribution in [0.4, 0.5) is 4.79 Å². The van der Waals surface area contributed by atoms with Crippen molar-refractivity contribution in [2.75, 3.05) is 6.54 Å². The number of Topliss-reactive ketones (excluding diaryl/α,β-unsaturated/α-hetero) is 1. The number of imide groups is 1. The van der Waals surface area contributed by atoms with Crippen molar-refractivity contribution in [1.29, 1.82) is 0 Å². The van der Waals surface area contributed by atoms with Gasteiger partial charge in [0.1, 0.15) is 11.3 Å². The van der Waals surface area contributed by atoms with Crippen molar-refractivity contribution >= 4 is 40.1 Å². The Morgan fingerprint density at radius 3 is 2.43 bits per heavy atom. The van der Waals surface area contributed by atoms with Crippen LogP contribution in [0.25, 0.3) is 10.8 Å². The summed E-state index contributed by atoms with van der Waals surface area (Å²) < 4.78 is 0. The van der Waals surface area contributed by atoms with Crippen molar-refractivity contribution in [2.24, 2.45) is 5.10 Å². The summed E-state index contributed by atoms with van der Waals surface area (Å²) in [7, 11) is 0. The van der Waals surface area contributed by atoms with Crippen LogP contribution in [0.5, 0.6) is 0 Å². The van der Waals surface area contributed by atoms with E-state index in [1.807, 2.05) is 18.2 Å². The number of rotatable bonds is 4. The van der Waals surface area contributed by atoms with Crippen LogP contribution in [0.1, 0.15) is 36.2 Å². The maximum atomic E-state index is 12.6. The number of carbonyl (C=O) groups is 4. The van der Waals surface area contributed by atoms with Gasteiger partial charge in [0.2, 0.25) is 11.7 Å². The molecule has 0 radical (unpaired) electrons. The fraction of sp³-hybridized carbons (Fsp3) is 0.250. The molecule has 4 rings (SSSR count). The van der Waals surface area contributed by atoms with E-state index >= 15 is 0 Å². The summed E-state index contributed by atoms with van der Waals surface area (Å²) in [5, 5.41) is 8.33. The van der Waals surface area contributed by atoms with Crippen LogP contribution in [0, 0.1) is 0 Å². The molecule has 2 N–H and O–H groups in total. The van der Waals surface area contributed by atoms with Crippen LogP contribution < -0.4 is 10.7 Å². The lowest BCUT2D eigenvalue weighted by molar-refractivity contribution is -0.130. The van der Waals surface area contributed by atoms with Crippen LogP contribution in [-0.4, -0.2) is 46.3 Å². The van der Waals surface area contributed by atoms with Gasteiger partial charge >= 0.3 is 6.03 Å². The molecule has 0 unspecified atom stereocenters. The molecule has 4 amide bonds. The van der Waals surface area contributed by atoms with Crippen LogP contribution in [-0.2, 0) is 9.59 Å². The molecule has 0 saturated carbocycles. The van der Waals surface area contributed by atoms with Crippen LogP contribution >= 0.6 is 0 Å². The lowest BCUT2D eigenvalue weighted by atomic mass is 10.1. The van der Waals surface area contributed by atoms with Crippen molar-refractivity contribution in [3.8, 4) is 0 Å². The molecule has 1 heterocycles. The third kappa shape index (κ3) is 2.74. The van der Waals surface area contributed by atoms with Gasteiger partial charge in [-0.2, -0.15) is 5.10 Å². The van der Waals surface area contributed by atoms with E-state index in [1.54, 1.807) is 32.0 Å². The van der Waals surface area contributed by atoms with E-state index in [1.165, 1.54) is 0 Å². The van der Waals surface area contributed by atoms with Gasteiger partial charge in [-0.1, -0.05) is 36.4 Å². The van der Waals surface area contributed by atoms with Gasteiger partial charge in [-0.3, -0.25) is 19.3 Å². The summed E-state index contributed by atoms with van der Waals surface area (Å²) in [6.45, 7) is 3.14. The minimum absolute atomic E-state index is 0.0610. The van der Waals surface area contributed by atoms with Gasteiger partial charge in [0.05, 0.1) is 0 Å². The molecular weight excluding hydrogens is 360 g/mol. The molecule has 1 aliphatic carbocycles. The minimum Gasteiger partial charge on any atom is -0.324 e. The Balaban J connectivity index is 1.46. The molecule has 0 bridgehead atoms. The smallest absolute Gasteiger partial charge is 0.324 e. The SMILES string of the molecule is CC1(C)NC(=O)N(CCC(=O)N/N=C2/C(=O)c3cccc4cccc2c34)C1=O. The largest absolute Gasteiger partial charge is 0.325 e. The van der Waals surface area contributed by atoms with Crippen molar-refractivity contribution in [3.05, 3.63) is 47.5 Å². The minimum atomic E-state index is -0.978. The molecule has 2 aromatic rings. The molecule has 8 nitrogen and oxygen atoms in total. The first-order valence-corrected chi connectivity index (χ1v) is 8.87. The molecule has 8 heteroatoms. The third-order valence-corrected chi connectivity index (χ3v) is 4.92. The molecule has 0 aromatic heterocycles. The highest BCUT2D eigenvalue weighted by atomic mass is 16.2. The topological polar surface area (TPSA) is 108 Å². The Labute approximate surface area is 160 Å². The molecule has 2 aromatic carbocycles. The zero-order valence-corrected chi connectivity index (χ0v) is 15.4. The van der Waals surface area contributed by atoms with Crippen molar-refractivity contribution in [2.45, 2.75) is 25.8 Å². The summed E-state index contributed by atoms with van der Waals surface area (Å²) in [5.41, 5.74) is 2.80. The molecule has 2 aliphatic rings. The Kier molecular flexibility index (Phi) is 3.99. The summed E-state index contributed by atoms with van der Waals surface area (Å²) in [4.78, 5) is 49.8. The zero-order chi connectivity index (χ0) is 20.1. The van der Waals surface area contributed by atoms with E-state index in [-0.39, 0.29) is 30.4 Å². The van der Waals surface area contributed by atoms with E-state index in [4.69, 9.17) is 0 Å². The lowest BCUT2D eigenvalue weighted by Crippen LogP contribution is -2.40. The van der Waals surface area contributed by atoms with Crippen LogP contribution in [0.3, 0.4) is 0 Å². The molecule has 142 valence electrons. The van der Waals surface area contributed by atoms with Gasteiger partial charge in [0.15, 0.2) is 0 Å². The quantitative estimate of drug-likeness (QED) is 0.622. The van der Waals surface area contributed by atoms with Crippen molar-refractivity contribution < 1.29 is 19.2 Å². The number of hydrogen-bond donors (Lipinski definition) is 2. The van der Waals surface area contributed by atoms with Crippen molar-refractivity contribution in [3.63, 3.8) is 0 Å². The van der Waals surface area contributed by atoms with Gasteiger partial charge in [0, 0.05) is 29.5 Å².